The molecule has 6 heteroatoms. The van der Waals surface area contributed by atoms with Crippen molar-refractivity contribution in [1.82, 2.24) is 10.2 Å². The lowest BCUT2D eigenvalue weighted by Crippen LogP contribution is -2.17. The molecule has 0 bridgehead atoms. The summed E-state index contributed by atoms with van der Waals surface area (Å²) in [6.45, 7) is 0.357. The van der Waals surface area contributed by atoms with Crippen molar-refractivity contribution < 1.29 is 9.53 Å². The third-order valence-electron chi connectivity index (χ3n) is 3.30. The van der Waals surface area contributed by atoms with Gasteiger partial charge in [-0.25, -0.2) is 0 Å². The van der Waals surface area contributed by atoms with Gasteiger partial charge in [0.05, 0.1) is 5.56 Å². The van der Waals surface area contributed by atoms with Gasteiger partial charge in [0.2, 0.25) is 0 Å². The van der Waals surface area contributed by atoms with E-state index >= 15 is 0 Å². The molecule has 0 aliphatic rings. The summed E-state index contributed by atoms with van der Waals surface area (Å²) in [5, 5.41) is 10.2. The second-order valence-corrected chi connectivity index (χ2v) is 5.09. The van der Waals surface area contributed by atoms with Crippen molar-refractivity contribution in [3.8, 4) is 5.75 Å². The van der Waals surface area contributed by atoms with Crippen LogP contribution in [-0.4, -0.2) is 24.0 Å². The minimum absolute atomic E-state index is 0.344. The number of ether oxygens (including phenoxy) is 1. The average Bonchev–Trinajstić information content (AvgIpc) is 2.62. The number of anilines is 1. The summed E-state index contributed by atoms with van der Waals surface area (Å²) in [7, 11) is 5.80. The largest absolute Gasteiger partial charge is 0.488 e. The van der Waals surface area contributed by atoms with Crippen molar-refractivity contribution in [2.24, 2.45) is 0 Å². The summed E-state index contributed by atoms with van der Waals surface area (Å²) in [6.07, 6.45) is 1.53. The first-order chi connectivity index (χ1) is 11.7. The first-order valence-electron chi connectivity index (χ1n) is 7.38. The van der Waals surface area contributed by atoms with Gasteiger partial charge in [-0.05, 0) is 23.8 Å². The minimum atomic E-state index is -0.356. The number of hydrogen-bond donors (Lipinski definition) is 1. The number of carbonyl (C=O) groups excluding carboxylic acids is 1. The molecule has 3 aromatic rings. The number of benzene rings is 2. The van der Waals surface area contributed by atoms with Crippen LogP contribution in [0, 0.1) is 0 Å². The lowest BCUT2D eigenvalue weighted by atomic mass is 9.94. The van der Waals surface area contributed by atoms with Gasteiger partial charge in [0.1, 0.15) is 20.2 Å². The highest BCUT2D eigenvalue weighted by molar-refractivity contribution is 6.33. The van der Waals surface area contributed by atoms with E-state index in [2.05, 4.69) is 15.5 Å². The maximum atomic E-state index is 12.5. The summed E-state index contributed by atoms with van der Waals surface area (Å²) in [6, 6.07) is 18.0. The Hall–Kier alpha value is -3.15. The van der Waals surface area contributed by atoms with Gasteiger partial charge >= 0.3 is 0 Å². The number of nitrogens with zero attached hydrogens (tertiary/aromatic N) is 2. The lowest BCUT2D eigenvalue weighted by Gasteiger charge is -2.12. The van der Waals surface area contributed by atoms with Crippen molar-refractivity contribution in [1.29, 1.82) is 0 Å². The molecule has 1 aromatic heterocycles. The lowest BCUT2D eigenvalue weighted by molar-refractivity contribution is 0.102. The van der Waals surface area contributed by atoms with Crippen LogP contribution in [0.3, 0.4) is 0 Å². The van der Waals surface area contributed by atoms with Gasteiger partial charge in [-0.3, -0.25) is 4.79 Å². The second kappa shape index (κ2) is 7.41. The third kappa shape index (κ3) is 3.98. The summed E-state index contributed by atoms with van der Waals surface area (Å²) in [4.78, 5) is 12.5. The molecule has 0 aliphatic carbocycles. The van der Waals surface area contributed by atoms with E-state index in [-0.39, 0.29) is 5.91 Å². The van der Waals surface area contributed by atoms with E-state index in [1.165, 1.54) is 6.20 Å². The Morgan fingerprint density at radius 2 is 1.92 bits per heavy atom. The van der Waals surface area contributed by atoms with Crippen LogP contribution in [0.15, 0.2) is 66.9 Å². The third-order valence-corrected chi connectivity index (χ3v) is 3.30. The van der Waals surface area contributed by atoms with E-state index in [9.17, 15) is 4.79 Å². The zero-order valence-electron chi connectivity index (χ0n) is 12.8. The Bertz CT molecular complexity index is 826. The van der Waals surface area contributed by atoms with Crippen LogP contribution in [-0.2, 0) is 6.61 Å². The summed E-state index contributed by atoms with van der Waals surface area (Å²) in [5.41, 5.74) is 1.83. The predicted octanol–water partition coefficient (Wildman–Crippen LogP) is 2.10. The normalized spacial score (nSPS) is 10.2. The summed E-state index contributed by atoms with van der Waals surface area (Å²) < 4.78 is 5.78. The fourth-order valence-electron chi connectivity index (χ4n) is 2.14. The number of rotatable bonds is 5. The molecular formula is C18H14BN3O2. The Morgan fingerprint density at radius 1 is 1.08 bits per heavy atom. The molecule has 0 saturated carbocycles. The molecule has 1 N–H and O–H groups in total. The van der Waals surface area contributed by atoms with Gasteiger partial charge in [0, 0.05) is 6.20 Å². The molecule has 116 valence electrons. The van der Waals surface area contributed by atoms with Crippen LogP contribution in [0.4, 0.5) is 5.82 Å². The average molecular weight is 315 g/mol. The predicted molar refractivity (Wildman–Crippen MR) is 92.6 cm³/mol. The van der Waals surface area contributed by atoms with Gasteiger partial charge in [0.15, 0.2) is 5.82 Å². The summed E-state index contributed by atoms with van der Waals surface area (Å²) >= 11 is 0. The molecule has 0 atom stereocenters. The topological polar surface area (TPSA) is 64.1 Å². The molecule has 0 spiro atoms. The van der Waals surface area contributed by atoms with E-state index in [1.54, 1.807) is 30.3 Å². The van der Waals surface area contributed by atoms with Crippen molar-refractivity contribution in [3.05, 3.63) is 78.0 Å². The van der Waals surface area contributed by atoms with Crippen LogP contribution in [0.25, 0.3) is 0 Å². The second-order valence-electron chi connectivity index (χ2n) is 5.09. The van der Waals surface area contributed by atoms with Crippen molar-refractivity contribution in [2.75, 3.05) is 5.32 Å². The van der Waals surface area contributed by atoms with Crippen LogP contribution < -0.4 is 15.5 Å². The molecule has 24 heavy (non-hydrogen) atoms. The van der Waals surface area contributed by atoms with Gasteiger partial charge in [-0.15, -0.1) is 5.10 Å². The van der Waals surface area contributed by atoms with Crippen LogP contribution in [0.1, 0.15) is 15.9 Å². The molecule has 3 rings (SSSR count). The van der Waals surface area contributed by atoms with Gasteiger partial charge in [0.25, 0.3) is 5.91 Å². The fraction of sp³-hybridized carbons (Fsp3) is 0.0556. The monoisotopic (exact) mass is 315 g/mol. The highest BCUT2D eigenvalue weighted by Gasteiger charge is 2.14. The Morgan fingerprint density at radius 3 is 2.67 bits per heavy atom. The minimum Gasteiger partial charge on any atom is -0.488 e. The molecule has 2 radical (unpaired) electrons. The highest BCUT2D eigenvalue weighted by Crippen LogP contribution is 2.19. The van der Waals surface area contributed by atoms with Crippen molar-refractivity contribution in [3.63, 3.8) is 0 Å². The maximum Gasteiger partial charge on any atom is 0.260 e. The van der Waals surface area contributed by atoms with Crippen LogP contribution >= 0.6 is 0 Å². The van der Waals surface area contributed by atoms with Gasteiger partial charge < -0.3 is 10.1 Å². The zero-order valence-corrected chi connectivity index (χ0v) is 12.8. The zero-order chi connectivity index (χ0) is 16.8. The number of nitrogens with one attached hydrogen (secondary N) is 1. The Balaban J connectivity index is 1.79. The van der Waals surface area contributed by atoms with Crippen LogP contribution in [0.5, 0.6) is 5.75 Å². The quantitative estimate of drug-likeness (QED) is 0.732. The maximum absolute atomic E-state index is 12.5. The number of aromatic nitrogens is 2. The van der Waals surface area contributed by atoms with Gasteiger partial charge in [-0.1, -0.05) is 47.9 Å². The first kappa shape index (κ1) is 15.7. The first-order valence-corrected chi connectivity index (χ1v) is 7.38. The number of amides is 1. The van der Waals surface area contributed by atoms with Gasteiger partial charge in [-0.2, -0.15) is 5.10 Å². The smallest absolute Gasteiger partial charge is 0.260 e. The van der Waals surface area contributed by atoms with E-state index in [0.717, 1.165) is 5.56 Å². The van der Waals surface area contributed by atoms with E-state index in [1.807, 2.05) is 30.3 Å². The molecule has 0 unspecified atom stereocenters. The van der Waals surface area contributed by atoms with Crippen molar-refractivity contribution >= 4 is 25.0 Å². The number of carbonyl (C=O) groups is 1. The van der Waals surface area contributed by atoms with E-state index in [0.29, 0.717) is 29.2 Å². The standard InChI is InChI=1S/C18H14BN3O2/c19-14-8-9-16(24-12-13-5-2-1-3-6-13)15(11-14)18(23)21-17-7-4-10-20-22-17/h1-11H,12H2,(H,21,22,23). The highest BCUT2D eigenvalue weighted by atomic mass is 16.5. The molecule has 0 aliphatic heterocycles. The van der Waals surface area contributed by atoms with E-state index in [4.69, 9.17) is 12.6 Å². The molecule has 2 aromatic carbocycles. The van der Waals surface area contributed by atoms with Crippen molar-refractivity contribution in [2.45, 2.75) is 6.61 Å². The fourth-order valence-corrected chi connectivity index (χ4v) is 2.14. The van der Waals surface area contributed by atoms with E-state index < -0.39 is 0 Å². The molecule has 1 heterocycles. The summed E-state index contributed by atoms with van der Waals surface area (Å²) in [5.74, 6) is 0.458. The molecular weight excluding hydrogens is 301 g/mol. The molecule has 1 amide bonds. The Labute approximate surface area is 141 Å². The number of hydrogen-bond acceptors (Lipinski definition) is 4. The molecule has 5 nitrogen and oxygen atoms in total. The Kier molecular flexibility index (Phi) is 4.86. The molecule has 0 fully saturated rings. The van der Waals surface area contributed by atoms with Crippen LogP contribution in [0.2, 0.25) is 0 Å². The molecule has 0 saturated heterocycles. The SMILES string of the molecule is [B]c1ccc(OCc2ccccc2)c(C(=O)Nc2cccnn2)c1.